The summed E-state index contributed by atoms with van der Waals surface area (Å²) in [7, 11) is 0. The van der Waals surface area contributed by atoms with Crippen LogP contribution in [0.2, 0.25) is 0 Å². The molecule has 0 spiro atoms. The van der Waals surface area contributed by atoms with Crippen molar-refractivity contribution in [3.05, 3.63) is 0 Å². The SMILES string of the molecule is CCC1CC(O)CNC1C. The molecule has 1 saturated heterocycles. The Bertz CT molecular complexity index is 105. The van der Waals surface area contributed by atoms with Gasteiger partial charge in [0.25, 0.3) is 0 Å². The fourth-order valence-corrected chi connectivity index (χ4v) is 1.65. The summed E-state index contributed by atoms with van der Waals surface area (Å²) in [6.07, 6.45) is 2.04. The zero-order chi connectivity index (χ0) is 7.56. The first-order valence-corrected chi connectivity index (χ1v) is 4.15. The third-order valence-electron chi connectivity index (χ3n) is 2.48. The normalized spacial score (nSPS) is 41.7. The lowest BCUT2D eigenvalue weighted by Crippen LogP contribution is -2.45. The van der Waals surface area contributed by atoms with Crippen molar-refractivity contribution in [3.63, 3.8) is 0 Å². The largest absolute Gasteiger partial charge is 0.392 e. The quantitative estimate of drug-likeness (QED) is 0.568. The van der Waals surface area contributed by atoms with Crippen LogP contribution in [0.25, 0.3) is 0 Å². The summed E-state index contributed by atoms with van der Waals surface area (Å²) in [5.41, 5.74) is 0. The fourth-order valence-electron chi connectivity index (χ4n) is 1.65. The van der Waals surface area contributed by atoms with Gasteiger partial charge in [-0.25, -0.2) is 0 Å². The fraction of sp³-hybridized carbons (Fsp3) is 1.00. The number of β-amino-alcohol motifs (C(OH)–C–C–N with tert-alkyl or cyclic N) is 1. The van der Waals surface area contributed by atoms with E-state index in [1.165, 1.54) is 6.42 Å². The van der Waals surface area contributed by atoms with Gasteiger partial charge in [0.2, 0.25) is 0 Å². The highest BCUT2D eigenvalue weighted by molar-refractivity contribution is 4.81. The summed E-state index contributed by atoms with van der Waals surface area (Å²) >= 11 is 0. The average Bonchev–Trinajstić information content (AvgIpc) is 1.94. The molecule has 1 heterocycles. The molecule has 0 aromatic rings. The van der Waals surface area contributed by atoms with E-state index in [0.717, 1.165) is 13.0 Å². The van der Waals surface area contributed by atoms with Crippen LogP contribution in [-0.4, -0.2) is 23.8 Å². The van der Waals surface area contributed by atoms with E-state index in [1.54, 1.807) is 0 Å². The highest BCUT2D eigenvalue weighted by Crippen LogP contribution is 2.19. The molecule has 1 rings (SSSR count). The first-order chi connectivity index (χ1) is 4.74. The summed E-state index contributed by atoms with van der Waals surface area (Å²) in [6.45, 7) is 5.15. The average molecular weight is 143 g/mol. The molecule has 1 aliphatic rings. The molecule has 2 N–H and O–H groups in total. The number of rotatable bonds is 1. The molecular formula is C8H17NO. The Balaban J connectivity index is 2.38. The van der Waals surface area contributed by atoms with Crippen molar-refractivity contribution >= 4 is 0 Å². The Kier molecular flexibility index (Phi) is 2.69. The Morgan fingerprint density at radius 3 is 2.80 bits per heavy atom. The Hall–Kier alpha value is -0.0800. The molecule has 0 bridgehead atoms. The molecule has 2 heteroatoms. The van der Waals surface area contributed by atoms with Crippen LogP contribution in [-0.2, 0) is 0 Å². The first kappa shape index (κ1) is 8.02. The Morgan fingerprint density at radius 2 is 2.30 bits per heavy atom. The topological polar surface area (TPSA) is 32.3 Å². The molecule has 0 aromatic heterocycles. The van der Waals surface area contributed by atoms with Crippen LogP contribution in [0.5, 0.6) is 0 Å². The number of piperidine rings is 1. The summed E-state index contributed by atoms with van der Waals surface area (Å²) < 4.78 is 0. The molecule has 1 aliphatic heterocycles. The molecule has 2 nitrogen and oxygen atoms in total. The molecule has 3 unspecified atom stereocenters. The van der Waals surface area contributed by atoms with E-state index in [-0.39, 0.29) is 6.10 Å². The predicted octanol–water partition coefficient (Wildman–Crippen LogP) is 0.755. The van der Waals surface area contributed by atoms with Gasteiger partial charge < -0.3 is 10.4 Å². The van der Waals surface area contributed by atoms with Crippen LogP contribution in [0, 0.1) is 5.92 Å². The van der Waals surface area contributed by atoms with E-state index in [9.17, 15) is 5.11 Å². The third kappa shape index (κ3) is 1.70. The Labute approximate surface area is 62.6 Å². The second-order valence-electron chi connectivity index (χ2n) is 3.25. The number of aliphatic hydroxyl groups excluding tert-OH is 1. The maximum absolute atomic E-state index is 9.27. The van der Waals surface area contributed by atoms with E-state index < -0.39 is 0 Å². The van der Waals surface area contributed by atoms with Gasteiger partial charge >= 0.3 is 0 Å². The molecule has 3 atom stereocenters. The summed E-state index contributed by atoms with van der Waals surface area (Å²) in [5, 5.41) is 12.5. The smallest absolute Gasteiger partial charge is 0.0667 e. The van der Waals surface area contributed by atoms with Crippen molar-refractivity contribution in [3.8, 4) is 0 Å². The minimum absolute atomic E-state index is 0.110. The lowest BCUT2D eigenvalue weighted by atomic mass is 9.88. The number of hydrogen-bond donors (Lipinski definition) is 2. The van der Waals surface area contributed by atoms with Gasteiger partial charge in [0.15, 0.2) is 0 Å². The van der Waals surface area contributed by atoms with Crippen LogP contribution in [0.4, 0.5) is 0 Å². The van der Waals surface area contributed by atoms with Crippen LogP contribution < -0.4 is 5.32 Å². The van der Waals surface area contributed by atoms with Crippen LogP contribution in [0.15, 0.2) is 0 Å². The van der Waals surface area contributed by atoms with Crippen LogP contribution in [0.3, 0.4) is 0 Å². The Morgan fingerprint density at radius 1 is 1.60 bits per heavy atom. The molecule has 60 valence electrons. The van der Waals surface area contributed by atoms with Gasteiger partial charge in [-0.3, -0.25) is 0 Å². The molecule has 10 heavy (non-hydrogen) atoms. The monoisotopic (exact) mass is 143 g/mol. The number of nitrogens with one attached hydrogen (secondary N) is 1. The van der Waals surface area contributed by atoms with Crippen molar-refractivity contribution in [2.45, 2.75) is 38.8 Å². The lowest BCUT2D eigenvalue weighted by molar-refractivity contribution is 0.0928. The van der Waals surface area contributed by atoms with Gasteiger partial charge in [0, 0.05) is 12.6 Å². The van der Waals surface area contributed by atoms with Gasteiger partial charge in [-0.1, -0.05) is 13.3 Å². The minimum Gasteiger partial charge on any atom is -0.392 e. The predicted molar refractivity (Wildman–Crippen MR) is 41.9 cm³/mol. The maximum atomic E-state index is 9.27. The van der Waals surface area contributed by atoms with Crippen molar-refractivity contribution < 1.29 is 5.11 Å². The zero-order valence-electron chi connectivity index (χ0n) is 6.80. The molecular weight excluding hydrogens is 126 g/mol. The third-order valence-corrected chi connectivity index (χ3v) is 2.48. The van der Waals surface area contributed by atoms with Crippen LogP contribution >= 0.6 is 0 Å². The van der Waals surface area contributed by atoms with Gasteiger partial charge in [-0.15, -0.1) is 0 Å². The summed E-state index contributed by atoms with van der Waals surface area (Å²) in [6, 6.07) is 0.591. The van der Waals surface area contributed by atoms with Gasteiger partial charge in [-0.05, 0) is 19.3 Å². The van der Waals surface area contributed by atoms with E-state index >= 15 is 0 Å². The zero-order valence-corrected chi connectivity index (χ0v) is 6.80. The highest BCUT2D eigenvalue weighted by atomic mass is 16.3. The van der Waals surface area contributed by atoms with Gasteiger partial charge in [0.1, 0.15) is 0 Å². The summed E-state index contributed by atoms with van der Waals surface area (Å²) in [5.74, 6) is 0.670. The van der Waals surface area contributed by atoms with E-state index in [1.807, 2.05) is 0 Å². The second kappa shape index (κ2) is 3.35. The molecule has 0 aromatic carbocycles. The van der Waals surface area contributed by atoms with Crippen molar-refractivity contribution in [2.24, 2.45) is 5.92 Å². The first-order valence-electron chi connectivity index (χ1n) is 4.15. The van der Waals surface area contributed by atoms with E-state index in [2.05, 4.69) is 19.2 Å². The standard InChI is InChI=1S/C8H17NO/c1-3-7-4-8(10)5-9-6(7)2/h6-10H,3-5H2,1-2H3. The highest BCUT2D eigenvalue weighted by Gasteiger charge is 2.23. The molecule has 0 aliphatic carbocycles. The van der Waals surface area contributed by atoms with E-state index in [4.69, 9.17) is 0 Å². The molecule has 0 radical (unpaired) electrons. The molecule has 0 amide bonds. The number of hydrogen-bond acceptors (Lipinski definition) is 2. The second-order valence-corrected chi connectivity index (χ2v) is 3.25. The van der Waals surface area contributed by atoms with Gasteiger partial charge in [0.05, 0.1) is 6.10 Å². The number of aliphatic hydroxyl groups is 1. The van der Waals surface area contributed by atoms with Crippen molar-refractivity contribution in [1.82, 2.24) is 5.32 Å². The van der Waals surface area contributed by atoms with E-state index in [0.29, 0.717) is 12.0 Å². The maximum Gasteiger partial charge on any atom is 0.0667 e. The van der Waals surface area contributed by atoms with Crippen molar-refractivity contribution in [1.29, 1.82) is 0 Å². The van der Waals surface area contributed by atoms with Crippen LogP contribution in [0.1, 0.15) is 26.7 Å². The van der Waals surface area contributed by atoms with Gasteiger partial charge in [-0.2, -0.15) is 0 Å². The minimum atomic E-state index is -0.110. The molecule has 0 saturated carbocycles. The summed E-state index contributed by atoms with van der Waals surface area (Å²) in [4.78, 5) is 0. The lowest BCUT2D eigenvalue weighted by Gasteiger charge is -2.32. The molecule has 1 fully saturated rings. The van der Waals surface area contributed by atoms with Crippen molar-refractivity contribution in [2.75, 3.05) is 6.54 Å².